The summed E-state index contributed by atoms with van der Waals surface area (Å²) in [5, 5.41) is 0.858. The molecule has 0 atom stereocenters. The van der Waals surface area contributed by atoms with Crippen molar-refractivity contribution in [1.29, 1.82) is 0 Å². The second-order valence-electron chi connectivity index (χ2n) is 2.23. The van der Waals surface area contributed by atoms with Gasteiger partial charge < -0.3 is 0 Å². The van der Waals surface area contributed by atoms with Gasteiger partial charge in [0.2, 0.25) is 3.83 Å². The van der Waals surface area contributed by atoms with Crippen LogP contribution < -0.4 is 0 Å². The molecule has 0 aromatic carbocycles. The van der Waals surface area contributed by atoms with Gasteiger partial charge in [-0.25, -0.2) is 4.98 Å². The first kappa shape index (κ1) is 9.47. The first-order chi connectivity index (χ1) is 6.25. The van der Waals surface area contributed by atoms with Gasteiger partial charge in [0.15, 0.2) is 5.01 Å². The summed E-state index contributed by atoms with van der Waals surface area (Å²) in [4.78, 5) is 8.45. The molecule has 0 radical (unpaired) electrons. The van der Waals surface area contributed by atoms with Crippen molar-refractivity contribution in [3.8, 4) is 10.7 Å². The van der Waals surface area contributed by atoms with Crippen LogP contribution in [0.25, 0.3) is 10.7 Å². The second-order valence-corrected chi connectivity index (χ2v) is 4.86. The normalized spacial score (nSPS) is 10.3. The van der Waals surface area contributed by atoms with Gasteiger partial charge in [-0.05, 0) is 39.6 Å². The quantitative estimate of drug-likeness (QED) is 0.727. The zero-order valence-corrected chi connectivity index (χ0v) is 10.8. The highest BCUT2D eigenvalue weighted by Gasteiger charge is 2.04. The molecule has 0 saturated heterocycles. The first-order valence-corrected chi connectivity index (χ1v) is 6.01. The smallest absolute Gasteiger partial charge is 0.203 e. The maximum absolute atomic E-state index is 4.23. The Labute approximate surface area is 101 Å². The van der Waals surface area contributed by atoms with E-state index in [0.29, 0.717) is 0 Å². The van der Waals surface area contributed by atoms with E-state index < -0.39 is 0 Å². The number of pyridine rings is 1. The number of hydrogen-bond donors (Lipinski definition) is 0. The van der Waals surface area contributed by atoms with Gasteiger partial charge >= 0.3 is 0 Å². The van der Waals surface area contributed by atoms with Crippen LogP contribution in [-0.4, -0.2) is 14.3 Å². The molecule has 0 fully saturated rings. The standard InChI is InChI=1S/C7H3BrIN3S/c8-4-1-2-5(10-3-4)6-11-7(9)12-13-6/h1-3H. The monoisotopic (exact) mass is 367 g/mol. The molecule has 2 aromatic heterocycles. The Morgan fingerprint density at radius 1 is 1.38 bits per heavy atom. The summed E-state index contributed by atoms with van der Waals surface area (Å²) < 4.78 is 5.81. The maximum Gasteiger partial charge on any atom is 0.203 e. The van der Waals surface area contributed by atoms with E-state index in [0.717, 1.165) is 19.0 Å². The lowest BCUT2D eigenvalue weighted by molar-refractivity contribution is 1.22. The Morgan fingerprint density at radius 3 is 2.77 bits per heavy atom. The molecule has 13 heavy (non-hydrogen) atoms. The molecule has 0 aliphatic heterocycles. The Morgan fingerprint density at radius 2 is 2.23 bits per heavy atom. The third-order valence-corrected chi connectivity index (χ3v) is 3.36. The third-order valence-electron chi connectivity index (χ3n) is 1.35. The predicted octanol–water partition coefficient (Wildman–Crippen LogP) is 2.97. The van der Waals surface area contributed by atoms with Crippen molar-refractivity contribution in [3.63, 3.8) is 0 Å². The lowest BCUT2D eigenvalue weighted by Crippen LogP contribution is -1.81. The van der Waals surface area contributed by atoms with Crippen LogP contribution in [0.15, 0.2) is 22.8 Å². The Hall–Kier alpha value is -0.0800. The van der Waals surface area contributed by atoms with Gasteiger partial charge in [0.05, 0.1) is 0 Å². The fraction of sp³-hybridized carbons (Fsp3) is 0. The van der Waals surface area contributed by atoms with Crippen LogP contribution in [-0.2, 0) is 0 Å². The predicted molar refractivity (Wildman–Crippen MR) is 63.6 cm³/mol. The average Bonchev–Trinajstić information content (AvgIpc) is 2.53. The molecule has 0 aliphatic carbocycles. The van der Waals surface area contributed by atoms with Crippen LogP contribution in [0.2, 0.25) is 0 Å². The molecule has 0 spiro atoms. The van der Waals surface area contributed by atoms with Gasteiger partial charge in [-0.2, -0.15) is 4.37 Å². The largest absolute Gasteiger partial charge is 0.252 e. The van der Waals surface area contributed by atoms with Crippen molar-refractivity contribution in [1.82, 2.24) is 14.3 Å². The van der Waals surface area contributed by atoms with Crippen LogP contribution in [0, 0.1) is 3.83 Å². The molecular formula is C7H3BrIN3S. The summed E-state index contributed by atoms with van der Waals surface area (Å²) in [6.07, 6.45) is 1.75. The number of hydrogen-bond acceptors (Lipinski definition) is 4. The Balaban J connectivity index is 2.41. The number of nitrogens with zero attached hydrogens (tertiary/aromatic N) is 3. The van der Waals surface area contributed by atoms with Crippen molar-refractivity contribution in [2.24, 2.45) is 0 Å². The van der Waals surface area contributed by atoms with Crippen LogP contribution in [0.4, 0.5) is 0 Å². The van der Waals surface area contributed by atoms with Gasteiger partial charge in [-0.3, -0.25) is 4.98 Å². The van der Waals surface area contributed by atoms with Gasteiger partial charge in [0, 0.05) is 33.3 Å². The lowest BCUT2D eigenvalue weighted by Gasteiger charge is -1.92. The van der Waals surface area contributed by atoms with E-state index in [1.807, 2.05) is 12.1 Å². The number of halogens is 2. The molecule has 0 bridgehead atoms. The van der Waals surface area contributed by atoms with E-state index in [1.165, 1.54) is 11.5 Å². The van der Waals surface area contributed by atoms with Crippen LogP contribution >= 0.6 is 50.1 Å². The van der Waals surface area contributed by atoms with Gasteiger partial charge in [-0.15, -0.1) is 0 Å². The van der Waals surface area contributed by atoms with Gasteiger partial charge in [0.1, 0.15) is 5.69 Å². The maximum atomic E-state index is 4.23. The number of aromatic nitrogens is 3. The van der Waals surface area contributed by atoms with E-state index in [4.69, 9.17) is 0 Å². The molecule has 0 unspecified atom stereocenters. The Bertz CT molecular complexity index is 414. The molecule has 0 aliphatic rings. The zero-order chi connectivity index (χ0) is 9.26. The van der Waals surface area contributed by atoms with Crippen LogP contribution in [0.5, 0.6) is 0 Å². The zero-order valence-electron chi connectivity index (χ0n) is 6.24. The summed E-state index contributed by atoms with van der Waals surface area (Å²) >= 11 is 6.77. The van der Waals surface area contributed by atoms with Crippen molar-refractivity contribution < 1.29 is 0 Å². The van der Waals surface area contributed by atoms with Gasteiger partial charge in [-0.1, -0.05) is 0 Å². The summed E-state index contributed by atoms with van der Waals surface area (Å²) in [6.45, 7) is 0. The van der Waals surface area contributed by atoms with Crippen LogP contribution in [0.1, 0.15) is 0 Å². The third kappa shape index (κ3) is 2.23. The molecule has 0 N–H and O–H groups in total. The molecule has 0 amide bonds. The summed E-state index contributed by atoms with van der Waals surface area (Å²) in [6, 6.07) is 3.86. The van der Waals surface area contributed by atoms with Gasteiger partial charge in [0.25, 0.3) is 0 Å². The summed E-state index contributed by atoms with van der Waals surface area (Å²) in [5.74, 6) is 0. The van der Waals surface area contributed by atoms with E-state index >= 15 is 0 Å². The molecule has 2 rings (SSSR count). The first-order valence-electron chi connectivity index (χ1n) is 3.37. The lowest BCUT2D eigenvalue weighted by atomic mass is 10.4. The fourth-order valence-corrected chi connectivity index (χ4v) is 2.29. The molecule has 2 aromatic rings. The number of rotatable bonds is 1. The molecule has 6 heteroatoms. The van der Waals surface area contributed by atoms with E-state index in [2.05, 4.69) is 52.9 Å². The molecule has 3 nitrogen and oxygen atoms in total. The molecular weight excluding hydrogens is 365 g/mol. The van der Waals surface area contributed by atoms with E-state index in [9.17, 15) is 0 Å². The van der Waals surface area contributed by atoms with E-state index in [1.54, 1.807) is 6.20 Å². The minimum absolute atomic E-state index is 0.766. The molecule has 2 heterocycles. The summed E-state index contributed by atoms with van der Waals surface area (Å²) in [7, 11) is 0. The SMILES string of the molecule is Brc1ccc(-c2nc(I)ns2)nc1. The van der Waals surface area contributed by atoms with E-state index in [-0.39, 0.29) is 0 Å². The van der Waals surface area contributed by atoms with Crippen molar-refractivity contribution in [2.45, 2.75) is 0 Å². The minimum atomic E-state index is 0.766. The molecule has 66 valence electrons. The highest BCUT2D eigenvalue weighted by Crippen LogP contribution is 2.20. The highest BCUT2D eigenvalue weighted by molar-refractivity contribution is 14.1. The fourth-order valence-electron chi connectivity index (χ4n) is 0.812. The van der Waals surface area contributed by atoms with Crippen LogP contribution in [0.3, 0.4) is 0 Å². The van der Waals surface area contributed by atoms with Crippen molar-refractivity contribution >= 4 is 50.1 Å². The average molecular weight is 368 g/mol. The topological polar surface area (TPSA) is 38.7 Å². The summed E-state index contributed by atoms with van der Waals surface area (Å²) in [5.41, 5.74) is 0.864. The molecule has 0 saturated carbocycles. The van der Waals surface area contributed by atoms with Crippen molar-refractivity contribution in [3.05, 3.63) is 26.6 Å². The second kappa shape index (κ2) is 3.97. The van der Waals surface area contributed by atoms with Crippen molar-refractivity contribution in [2.75, 3.05) is 0 Å². The highest BCUT2D eigenvalue weighted by atomic mass is 127. The Kier molecular flexibility index (Phi) is 2.89. The minimum Gasteiger partial charge on any atom is -0.252 e.